The smallest absolute Gasteiger partial charge is 0.284 e. The van der Waals surface area contributed by atoms with Crippen LogP contribution in [0.3, 0.4) is 0 Å². The predicted octanol–water partition coefficient (Wildman–Crippen LogP) is 3.93. The summed E-state index contributed by atoms with van der Waals surface area (Å²) in [7, 11) is -2.15. The van der Waals surface area contributed by atoms with Gasteiger partial charge in [-0.1, -0.05) is 18.2 Å². The summed E-state index contributed by atoms with van der Waals surface area (Å²) >= 11 is 1.21. The molecule has 0 spiro atoms. The summed E-state index contributed by atoms with van der Waals surface area (Å²) in [4.78, 5) is 12.1. The summed E-state index contributed by atoms with van der Waals surface area (Å²) in [6, 6.07) is 11.2. The molecule has 144 valence electrons. The molecular formula is C18H20N2O5S2. The Balaban J connectivity index is 1.91. The molecule has 2 aromatic carbocycles. The largest absolute Gasteiger partial charge is 0.497 e. The molecule has 27 heavy (non-hydrogen) atoms. The summed E-state index contributed by atoms with van der Waals surface area (Å²) in [5.41, 5.74) is -0.214. The molecule has 0 unspecified atom stereocenters. The lowest BCUT2D eigenvalue weighted by atomic mass is 10.2. The minimum atomic E-state index is -3.71. The SMILES string of the molecule is COc1ccc(Sc2ccc(S(=O)(=O)N3CCCCC3)cc2[N+](=O)[O-])cc1. The van der Waals surface area contributed by atoms with Crippen LogP contribution in [0, 0.1) is 10.1 Å². The first kappa shape index (κ1) is 19.7. The molecular weight excluding hydrogens is 388 g/mol. The third-order valence-electron chi connectivity index (χ3n) is 4.37. The topological polar surface area (TPSA) is 89.8 Å². The molecule has 0 amide bonds. The zero-order valence-electron chi connectivity index (χ0n) is 14.8. The van der Waals surface area contributed by atoms with Crippen LogP contribution in [0.5, 0.6) is 5.75 Å². The van der Waals surface area contributed by atoms with E-state index in [-0.39, 0.29) is 10.6 Å². The van der Waals surface area contributed by atoms with E-state index in [2.05, 4.69) is 0 Å². The molecule has 0 atom stereocenters. The zero-order chi connectivity index (χ0) is 19.4. The molecule has 0 bridgehead atoms. The summed E-state index contributed by atoms with van der Waals surface area (Å²) in [6.07, 6.45) is 2.63. The van der Waals surface area contributed by atoms with Crippen molar-refractivity contribution in [1.29, 1.82) is 0 Å². The Labute approximate surface area is 162 Å². The van der Waals surface area contributed by atoms with Crippen LogP contribution in [-0.2, 0) is 10.0 Å². The van der Waals surface area contributed by atoms with Gasteiger partial charge in [-0.05, 0) is 49.2 Å². The van der Waals surface area contributed by atoms with E-state index in [1.807, 2.05) is 0 Å². The Hall–Kier alpha value is -2.10. The zero-order valence-corrected chi connectivity index (χ0v) is 16.5. The van der Waals surface area contributed by atoms with Crippen LogP contribution in [0.4, 0.5) is 5.69 Å². The van der Waals surface area contributed by atoms with Crippen LogP contribution in [0.25, 0.3) is 0 Å². The quantitative estimate of drug-likeness (QED) is 0.531. The first-order valence-corrected chi connectivity index (χ1v) is 10.8. The monoisotopic (exact) mass is 408 g/mol. The van der Waals surface area contributed by atoms with Gasteiger partial charge in [0.25, 0.3) is 5.69 Å². The van der Waals surface area contributed by atoms with Crippen molar-refractivity contribution in [2.24, 2.45) is 0 Å². The third-order valence-corrected chi connectivity index (χ3v) is 7.33. The number of piperidine rings is 1. The number of hydrogen-bond acceptors (Lipinski definition) is 6. The van der Waals surface area contributed by atoms with Gasteiger partial charge in [0, 0.05) is 24.1 Å². The van der Waals surface area contributed by atoms with Crippen LogP contribution >= 0.6 is 11.8 Å². The number of nitrogens with zero attached hydrogens (tertiary/aromatic N) is 2. The van der Waals surface area contributed by atoms with Gasteiger partial charge < -0.3 is 4.74 Å². The van der Waals surface area contributed by atoms with E-state index in [0.29, 0.717) is 23.7 Å². The lowest BCUT2D eigenvalue weighted by molar-refractivity contribution is -0.388. The molecule has 1 fully saturated rings. The highest BCUT2D eigenvalue weighted by Gasteiger charge is 2.28. The number of ether oxygens (including phenoxy) is 1. The van der Waals surface area contributed by atoms with Gasteiger partial charge in [0.1, 0.15) is 5.75 Å². The highest BCUT2D eigenvalue weighted by molar-refractivity contribution is 7.99. The second-order valence-corrected chi connectivity index (χ2v) is 9.18. The van der Waals surface area contributed by atoms with Gasteiger partial charge in [-0.25, -0.2) is 8.42 Å². The molecule has 0 aliphatic carbocycles. The highest BCUT2D eigenvalue weighted by Crippen LogP contribution is 2.37. The number of methoxy groups -OCH3 is 1. The molecule has 0 radical (unpaired) electrons. The van der Waals surface area contributed by atoms with Crippen LogP contribution in [0.15, 0.2) is 57.2 Å². The lowest BCUT2D eigenvalue weighted by Crippen LogP contribution is -2.35. The first-order chi connectivity index (χ1) is 12.9. The molecule has 0 saturated carbocycles. The molecule has 0 aromatic heterocycles. The van der Waals surface area contributed by atoms with E-state index in [9.17, 15) is 18.5 Å². The Morgan fingerprint density at radius 3 is 2.33 bits per heavy atom. The summed E-state index contributed by atoms with van der Waals surface area (Å²) < 4.78 is 32.1. The standard InChI is InChI=1S/C18H20N2O5S2/c1-25-14-5-7-15(8-6-14)26-18-10-9-16(13-17(18)20(21)22)27(23,24)19-11-3-2-4-12-19/h5-10,13H,2-4,11-12H2,1H3. The second-order valence-electron chi connectivity index (χ2n) is 6.13. The number of sulfonamides is 1. The maximum absolute atomic E-state index is 12.8. The number of benzene rings is 2. The van der Waals surface area contributed by atoms with Crippen LogP contribution < -0.4 is 4.74 Å². The number of nitro benzene ring substituents is 1. The average molecular weight is 409 g/mol. The van der Waals surface area contributed by atoms with E-state index in [1.165, 1.54) is 28.2 Å². The van der Waals surface area contributed by atoms with Crippen LogP contribution in [0.2, 0.25) is 0 Å². The van der Waals surface area contributed by atoms with Crippen molar-refractivity contribution in [2.45, 2.75) is 33.9 Å². The highest BCUT2D eigenvalue weighted by atomic mass is 32.2. The Bertz CT molecular complexity index is 923. The van der Waals surface area contributed by atoms with E-state index in [1.54, 1.807) is 31.4 Å². The third kappa shape index (κ3) is 4.42. The Morgan fingerprint density at radius 1 is 1.07 bits per heavy atom. The second kappa shape index (κ2) is 8.28. The molecule has 2 aromatic rings. The minimum absolute atomic E-state index is 0.0322. The van der Waals surface area contributed by atoms with Crippen molar-refractivity contribution in [1.82, 2.24) is 4.31 Å². The van der Waals surface area contributed by atoms with E-state index >= 15 is 0 Å². The first-order valence-electron chi connectivity index (χ1n) is 8.52. The average Bonchev–Trinajstić information content (AvgIpc) is 2.69. The van der Waals surface area contributed by atoms with Gasteiger partial charge in [0.2, 0.25) is 10.0 Å². The van der Waals surface area contributed by atoms with Crippen LogP contribution in [-0.4, -0.2) is 37.8 Å². The summed E-state index contributed by atoms with van der Waals surface area (Å²) in [5, 5.41) is 11.5. The van der Waals surface area contributed by atoms with E-state index in [4.69, 9.17) is 4.74 Å². The number of rotatable bonds is 6. The van der Waals surface area contributed by atoms with E-state index in [0.717, 1.165) is 30.2 Å². The minimum Gasteiger partial charge on any atom is -0.497 e. The normalized spacial score (nSPS) is 15.4. The summed E-state index contributed by atoms with van der Waals surface area (Å²) in [5.74, 6) is 0.692. The van der Waals surface area contributed by atoms with Crippen molar-refractivity contribution in [3.05, 3.63) is 52.6 Å². The van der Waals surface area contributed by atoms with Gasteiger partial charge in [0.05, 0.1) is 21.8 Å². The van der Waals surface area contributed by atoms with Crippen molar-refractivity contribution >= 4 is 27.5 Å². The molecule has 0 N–H and O–H groups in total. The molecule has 7 nitrogen and oxygen atoms in total. The fourth-order valence-electron chi connectivity index (χ4n) is 2.91. The maximum Gasteiger partial charge on any atom is 0.284 e. The van der Waals surface area contributed by atoms with E-state index < -0.39 is 14.9 Å². The van der Waals surface area contributed by atoms with Gasteiger partial charge in [-0.2, -0.15) is 4.31 Å². The fraction of sp³-hybridized carbons (Fsp3) is 0.333. The van der Waals surface area contributed by atoms with Crippen molar-refractivity contribution in [3.63, 3.8) is 0 Å². The predicted molar refractivity (Wildman–Crippen MR) is 103 cm³/mol. The van der Waals surface area contributed by atoms with Crippen molar-refractivity contribution < 1.29 is 18.1 Å². The van der Waals surface area contributed by atoms with Gasteiger partial charge in [0.15, 0.2) is 0 Å². The maximum atomic E-state index is 12.8. The molecule has 1 aliphatic heterocycles. The Kier molecular flexibility index (Phi) is 6.03. The van der Waals surface area contributed by atoms with Gasteiger partial charge >= 0.3 is 0 Å². The van der Waals surface area contributed by atoms with Crippen LogP contribution in [0.1, 0.15) is 19.3 Å². The number of hydrogen-bond donors (Lipinski definition) is 0. The molecule has 1 aliphatic rings. The Morgan fingerprint density at radius 2 is 1.74 bits per heavy atom. The van der Waals surface area contributed by atoms with Crippen molar-refractivity contribution in [3.8, 4) is 5.75 Å². The lowest BCUT2D eigenvalue weighted by Gasteiger charge is -2.25. The van der Waals surface area contributed by atoms with Gasteiger partial charge in [-0.3, -0.25) is 10.1 Å². The molecule has 1 saturated heterocycles. The molecule has 3 rings (SSSR count). The van der Waals surface area contributed by atoms with Gasteiger partial charge in [-0.15, -0.1) is 0 Å². The molecule has 1 heterocycles. The fourth-order valence-corrected chi connectivity index (χ4v) is 5.35. The number of nitro groups is 1. The molecule has 9 heteroatoms. The summed E-state index contributed by atoms with van der Waals surface area (Å²) in [6.45, 7) is 0.914. The van der Waals surface area contributed by atoms with Crippen molar-refractivity contribution in [2.75, 3.05) is 20.2 Å².